The normalized spacial score (nSPS) is 12.5. The number of aryl methyl sites for hydroxylation is 1. The number of benzene rings is 1. The van der Waals surface area contributed by atoms with Gasteiger partial charge in [0.25, 0.3) is 0 Å². The van der Waals surface area contributed by atoms with Crippen molar-refractivity contribution in [1.29, 1.82) is 0 Å². The Hall–Kier alpha value is -2.11. The summed E-state index contributed by atoms with van der Waals surface area (Å²) >= 11 is 1.79. The third kappa shape index (κ3) is 3.68. The SMILES string of the molecule is CC[C@H](NCc1cn(CCC(N)=O)c2ccccc12)c1cccs1. The number of nitrogens with zero attached hydrogens (tertiary/aromatic N) is 1. The van der Waals surface area contributed by atoms with Crippen molar-refractivity contribution in [2.75, 3.05) is 0 Å². The standard InChI is InChI=1S/C19H23N3OS/c1-2-16(18-8-5-11-24-18)21-12-14-13-22(10-9-19(20)23)17-7-4-3-6-15(14)17/h3-8,11,13,16,21H,2,9-10,12H2,1H3,(H2,20,23)/t16-/m0/s1. The van der Waals surface area contributed by atoms with Gasteiger partial charge in [0.2, 0.25) is 5.91 Å². The quantitative estimate of drug-likeness (QED) is 0.654. The van der Waals surface area contributed by atoms with Gasteiger partial charge in [0.05, 0.1) is 0 Å². The first-order valence-electron chi connectivity index (χ1n) is 8.31. The highest BCUT2D eigenvalue weighted by molar-refractivity contribution is 7.10. The molecule has 126 valence electrons. The maximum Gasteiger partial charge on any atom is 0.219 e. The van der Waals surface area contributed by atoms with Crippen LogP contribution >= 0.6 is 11.3 Å². The highest BCUT2D eigenvalue weighted by Gasteiger charge is 2.13. The highest BCUT2D eigenvalue weighted by atomic mass is 32.1. The van der Waals surface area contributed by atoms with E-state index in [1.807, 2.05) is 6.07 Å². The van der Waals surface area contributed by atoms with Crippen LogP contribution in [0.3, 0.4) is 0 Å². The number of rotatable bonds is 8. The van der Waals surface area contributed by atoms with Crippen LogP contribution in [0.15, 0.2) is 48.0 Å². The minimum absolute atomic E-state index is 0.267. The molecule has 0 bridgehead atoms. The molecule has 0 aliphatic rings. The summed E-state index contributed by atoms with van der Waals surface area (Å²) in [6, 6.07) is 13.0. The van der Waals surface area contributed by atoms with E-state index in [0.29, 0.717) is 19.0 Å². The second-order valence-corrected chi connectivity index (χ2v) is 6.92. The molecule has 2 aromatic heterocycles. The fourth-order valence-corrected chi connectivity index (χ4v) is 3.93. The van der Waals surface area contributed by atoms with Crippen molar-refractivity contribution >= 4 is 28.1 Å². The van der Waals surface area contributed by atoms with Crippen LogP contribution in [0, 0.1) is 0 Å². The lowest BCUT2D eigenvalue weighted by molar-refractivity contribution is -0.118. The monoisotopic (exact) mass is 341 g/mol. The first kappa shape index (κ1) is 16.7. The van der Waals surface area contributed by atoms with Gasteiger partial charge in [-0.15, -0.1) is 11.3 Å². The zero-order valence-corrected chi connectivity index (χ0v) is 14.7. The Morgan fingerprint density at radius 3 is 2.83 bits per heavy atom. The van der Waals surface area contributed by atoms with Gasteiger partial charge >= 0.3 is 0 Å². The minimum Gasteiger partial charge on any atom is -0.370 e. The molecule has 3 N–H and O–H groups in total. The number of fused-ring (bicyclic) bond motifs is 1. The van der Waals surface area contributed by atoms with E-state index in [4.69, 9.17) is 5.73 Å². The molecule has 3 rings (SSSR count). The number of nitrogens with two attached hydrogens (primary N) is 1. The molecule has 0 saturated heterocycles. The van der Waals surface area contributed by atoms with Gasteiger partial charge < -0.3 is 15.6 Å². The van der Waals surface area contributed by atoms with Gasteiger partial charge in [-0.1, -0.05) is 31.2 Å². The lowest BCUT2D eigenvalue weighted by atomic mass is 10.1. The molecule has 0 saturated carbocycles. The summed E-state index contributed by atoms with van der Waals surface area (Å²) in [5.41, 5.74) is 7.71. The Kier molecular flexibility index (Phi) is 5.33. The summed E-state index contributed by atoms with van der Waals surface area (Å²) < 4.78 is 2.13. The van der Waals surface area contributed by atoms with E-state index in [1.54, 1.807) is 11.3 Å². The fourth-order valence-electron chi connectivity index (χ4n) is 3.05. The van der Waals surface area contributed by atoms with Crippen LogP contribution in [-0.2, 0) is 17.9 Å². The first-order valence-corrected chi connectivity index (χ1v) is 9.19. The summed E-state index contributed by atoms with van der Waals surface area (Å²) in [6.07, 6.45) is 3.56. The molecule has 1 amide bonds. The molecule has 0 fully saturated rings. The summed E-state index contributed by atoms with van der Waals surface area (Å²) in [5, 5.41) is 7.02. The Balaban J connectivity index is 1.80. The summed E-state index contributed by atoms with van der Waals surface area (Å²) in [5.74, 6) is -0.267. The molecule has 3 aromatic rings. The lowest BCUT2D eigenvalue weighted by Gasteiger charge is -2.15. The van der Waals surface area contributed by atoms with E-state index in [1.165, 1.54) is 15.8 Å². The van der Waals surface area contributed by atoms with Crippen LogP contribution < -0.4 is 11.1 Å². The van der Waals surface area contributed by atoms with Crippen molar-refractivity contribution in [3.63, 3.8) is 0 Å². The number of hydrogen-bond donors (Lipinski definition) is 2. The third-order valence-corrected chi connectivity index (χ3v) is 5.29. The molecule has 0 radical (unpaired) electrons. The van der Waals surface area contributed by atoms with Gasteiger partial charge in [-0.25, -0.2) is 0 Å². The van der Waals surface area contributed by atoms with Crippen LogP contribution in [0.4, 0.5) is 0 Å². The number of thiophene rings is 1. The van der Waals surface area contributed by atoms with Crippen molar-refractivity contribution < 1.29 is 4.79 Å². The van der Waals surface area contributed by atoms with Crippen molar-refractivity contribution in [2.45, 2.75) is 38.9 Å². The van der Waals surface area contributed by atoms with Crippen LogP contribution in [0.25, 0.3) is 10.9 Å². The van der Waals surface area contributed by atoms with Gasteiger partial charge in [-0.2, -0.15) is 0 Å². The van der Waals surface area contributed by atoms with Crippen molar-refractivity contribution in [2.24, 2.45) is 5.73 Å². The van der Waals surface area contributed by atoms with Gasteiger partial charge in [-0.05, 0) is 29.5 Å². The number of hydrogen-bond acceptors (Lipinski definition) is 3. The first-order chi connectivity index (χ1) is 11.7. The van der Waals surface area contributed by atoms with Crippen molar-refractivity contribution in [1.82, 2.24) is 9.88 Å². The molecule has 24 heavy (non-hydrogen) atoms. The smallest absolute Gasteiger partial charge is 0.219 e. The molecule has 0 spiro atoms. The molecular weight excluding hydrogens is 318 g/mol. The maximum atomic E-state index is 11.1. The molecule has 5 heteroatoms. The lowest BCUT2D eigenvalue weighted by Crippen LogP contribution is -2.19. The van der Waals surface area contributed by atoms with Crippen LogP contribution in [0.5, 0.6) is 0 Å². The molecule has 0 aliphatic heterocycles. The topological polar surface area (TPSA) is 60.1 Å². The van der Waals surface area contributed by atoms with Crippen molar-refractivity contribution in [3.05, 3.63) is 58.4 Å². The van der Waals surface area contributed by atoms with E-state index in [-0.39, 0.29) is 5.91 Å². The number of nitrogens with one attached hydrogen (secondary N) is 1. The van der Waals surface area contributed by atoms with E-state index < -0.39 is 0 Å². The Morgan fingerprint density at radius 2 is 2.12 bits per heavy atom. The molecule has 1 atom stereocenters. The van der Waals surface area contributed by atoms with E-state index in [2.05, 4.69) is 58.7 Å². The summed E-state index contributed by atoms with van der Waals surface area (Å²) in [7, 11) is 0. The number of carbonyl (C=O) groups is 1. The summed E-state index contributed by atoms with van der Waals surface area (Å²) in [6.45, 7) is 3.63. The molecule has 0 unspecified atom stereocenters. The van der Waals surface area contributed by atoms with Gasteiger partial charge in [0.15, 0.2) is 0 Å². The number of amides is 1. The average Bonchev–Trinajstić information content (AvgIpc) is 3.22. The zero-order valence-electron chi connectivity index (χ0n) is 13.9. The van der Waals surface area contributed by atoms with Gasteiger partial charge in [0, 0.05) is 47.5 Å². The Labute approximate surface area is 146 Å². The van der Waals surface area contributed by atoms with Crippen LogP contribution in [0.2, 0.25) is 0 Å². The maximum absolute atomic E-state index is 11.1. The average molecular weight is 341 g/mol. The van der Waals surface area contributed by atoms with E-state index in [9.17, 15) is 4.79 Å². The molecule has 1 aromatic carbocycles. The number of carbonyl (C=O) groups excluding carboxylic acids is 1. The zero-order chi connectivity index (χ0) is 16.9. The van der Waals surface area contributed by atoms with Gasteiger partial charge in [-0.3, -0.25) is 4.79 Å². The number of para-hydroxylation sites is 1. The molecule has 2 heterocycles. The van der Waals surface area contributed by atoms with E-state index in [0.717, 1.165) is 18.5 Å². The minimum atomic E-state index is -0.267. The fraction of sp³-hybridized carbons (Fsp3) is 0.316. The second-order valence-electron chi connectivity index (χ2n) is 5.94. The third-order valence-electron chi connectivity index (χ3n) is 4.30. The number of aromatic nitrogens is 1. The predicted molar refractivity (Wildman–Crippen MR) is 99.9 cm³/mol. The second kappa shape index (κ2) is 7.64. The molecule has 4 nitrogen and oxygen atoms in total. The molecule has 0 aliphatic carbocycles. The van der Waals surface area contributed by atoms with Crippen molar-refractivity contribution in [3.8, 4) is 0 Å². The predicted octanol–water partition coefficient (Wildman–Crippen LogP) is 3.82. The van der Waals surface area contributed by atoms with Crippen LogP contribution in [0.1, 0.15) is 36.2 Å². The molecular formula is C19H23N3OS. The Morgan fingerprint density at radius 1 is 1.29 bits per heavy atom. The summed E-state index contributed by atoms with van der Waals surface area (Å²) in [4.78, 5) is 12.5. The van der Waals surface area contributed by atoms with E-state index >= 15 is 0 Å². The Bertz CT molecular complexity index is 807. The van der Waals surface area contributed by atoms with Crippen LogP contribution in [-0.4, -0.2) is 10.5 Å². The van der Waals surface area contributed by atoms with Gasteiger partial charge in [0.1, 0.15) is 0 Å². The highest BCUT2D eigenvalue weighted by Crippen LogP contribution is 2.25. The largest absolute Gasteiger partial charge is 0.370 e. The number of primary amides is 1.